The van der Waals surface area contributed by atoms with Gasteiger partial charge >= 0.3 is 0 Å². The number of benzene rings is 1. The topological polar surface area (TPSA) is 43.1 Å². The number of allylic oxidation sites excluding steroid dienone is 1. The molecule has 0 fully saturated rings. The Hall–Kier alpha value is -1.64. The van der Waals surface area contributed by atoms with E-state index in [0.717, 1.165) is 16.7 Å². The van der Waals surface area contributed by atoms with Gasteiger partial charge < -0.3 is 0 Å². The van der Waals surface area contributed by atoms with E-state index in [1.807, 2.05) is 45.9 Å². The maximum absolute atomic E-state index is 10.9. The largest absolute Gasteiger partial charge is 0.259 e. The number of hydrogen-bond donors (Lipinski definition) is 0. The fourth-order valence-electron chi connectivity index (χ4n) is 1.52. The molecule has 0 bridgehead atoms. The zero-order valence-electron chi connectivity index (χ0n) is 10.2. The Morgan fingerprint density at radius 1 is 1.38 bits per heavy atom. The third-order valence-corrected chi connectivity index (χ3v) is 2.75. The Morgan fingerprint density at radius 3 is 2.50 bits per heavy atom. The lowest BCUT2D eigenvalue weighted by Gasteiger charge is -2.06. The van der Waals surface area contributed by atoms with Gasteiger partial charge in [-0.25, -0.2) is 0 Å². The van der Waals surface area contributed by atoms with Crippen LogP contribution in [0.3, 0.4) is 0 Å². The van der Waals surface area contributed by atoms with E-state index < -0.39 is 0 Å². The summed E-state index contributed by atoms with van der Waals surface area (Å²) in [6.07, 6.45) is 1.67. The quantitative estimate of drug-likeness (QED) is 0.576. The van der Waals surface area contributed by atoms with Crippen molar-refractivity contribution in [3.05, 3.63) is 50.7 Å². The van der Waals surface area contributed by atoms with Crippen molar-refractivity contribution >= 4 is 6.08 Å². The SMILES string of the molecule is Cc1cccc(/C=C(/C(C)C)[N+](=O)[O-])c1C. The van der Waals surface area contributed by atoms with Crippen LogP contribution in [0.25, 0.3) is 6.08 Å². The van der Waals surface area contributed by atoms with Crippen LogP contribution in [0.15, 0.2) is 23.9 Å². The molecule has 0 aromatic heterocycles. The minimum absolute atomic E-state index is 0.0742. The first-order valence-electron chi connectivity index (χ1n) is 5.35. The summed E-state index contributed by atoms with van der Waals surface area (Å²) in [7, 11) is 0. The lowest BCUT2D eigenvalue weighted by atomic mass is 10.0. The zero-order valence-corrected chi connectivity index (χ0v) is 10.2. The predicted octanol–water partition coefficient (Wildman–Crippen LogP) is 3.58. The summed E-state index contributed by atoms with van der Waals surface area (Å²) in [6, 6.07) is 5.84. The molecule has 0 saturated heterocycles. The molecule has 1 rings (SSSR count). The van der Waals surface area contributed by atoms with Crippen molar-refractivity contribution in [2.45, 2.75) is 27.7 Å². The first kappa shape index (κ1) is 12.4. The summed E-state index contributed by atoms with van der Waals surface area (Å²) in [6.45, 7) is 7.66. The van der Waals surface area contributed by atoms with Crippen molar-refractivity contribution < 1.29 is 4.92 Å². The summed E-state index contributed by atoms with van der Waals surface area (Å²) in [4.78, 5) is 10.6. The molecule has 0 N–H and O–H groups in total. The Bertz CT molecular complexity index is 434. The third kappa shape index (κ3) is 2.69. The van der Waals surface area contributed by atoms with E-state index >= 15 is 0 Å². The number of aryl methyl sites for hydroxylation is 1. The fourth-order valence-corrected chi connectivity index (χ4v) is 1.52. The molecule has 3 heteroatoms. The highest BCUT2D eigenvalue weighted by atomic mass is 16.6. The highest BCUT2D eigenvalue weighted by molar-refractivity contribution is 5.57. The van der Waals surface area contributed by atoms with Gasteiger partial charge in [-0.3, -0.25) is 10.1 Å². The van der Waals surface area contributed by atoms with E-state index in [1.54, 1.807) is 6.08 Å². The number of nitrogens with zero attached hydrogens (tertiary/aromatic N) is 1. The van der Waals surface area contributed by atoms with Crippen molar-refractivity contribution in [2.24, 2.45) is 5.92 Å². The molecule has 16 heavy (non-hydrogen) atoms. The molecule has 0 radical (unpaired) electrons. The second-order valence-corrected chi connectivity index (χ2v) is 4.27. The molecule has 1 aromatic rings. The van der Waals surface area contributed by atoms with Gasteiger partial charge in [-0.05, 0) is 30.5 Å². The zero-order chi connectivity index (χ0) is 12.3. The van der Waals surface area contributed by atoms with Gasteiger partial charge in [0.1, 0.15) is 0 Å². The first-order chi connectivity index (χ1) is 7.43. The molecular formula is C13H17NO2. The van der Waals surface area contributed by atoms with Crippen LogP contribution >= 0.6 is 0 Å². The fraction of sp³-hybridized carbons (Fsp3) is 0.385. The second-order valence-electron chi connectivity index (χ2n) is 4.27. The van der Waals surface area contributed by atoms with Gasteiger partial charge in [-0.2, -0.15) is 0 Å². The molecule has 0 unspecified atom stereocenters. The van der Waals surface area contributed by atoms with Gasteiger partial charge in [0.25, 0.3) is 0 Å². The molecule has 0 aliphatic rings. The number of nitro groups is 1. The molecule has 0 spiro atoms. The first-order valence-corrected chi connectivity index (χ1v) is 5.35. The van der Waals surface area contributed by atoms with Gasteiger partial charge in [0, 0.05) is 12.0 Å². The van der Waals surface area contributed by atoms with Crippen LogP contribution in [0, 0.1) is 29.9 Å². The standard InChI is InChI=1S/C13H17NO2/c1-9(2)13(14(15)16)8-12-7-5-6-10(3)11(12)4/h5-9H,1-4H3/b13-8-. The highest BCUT2D eigenvalue weighted by Gasteiger charge is 2.16. The molecule has 0 atom stereocenters. The minimum Gasteiger partial charge on any atom is -0.259 e. The molecule has 0 amide bonds. The molecule has 0 heterocycles. The minimum atomic E-state index is -0.299. The van der Waals surface area contributed by atoms with Crippen LogP contribution in [-0.4, -0.2) is 4.92 Å². The molecule has 0 aliphatic heterocycles. The van der Waals surface area contributed by atoms with Crippen molar-refractivity contribution in [2.75, 3.05) is 0 Å². The smallest absolute Gasteiger partial charge is 0.249 e. The summed E-state index contributed by atoms with van der Waals surface area (Å²) >= 11 is 0. The van der Waals surface area contributed by atoms with Crippen molar-refractivity contribution in [1.29, 1.82) is 0 Å². The number of hydrogen-bond acceptors (Lipinski definition) is 2. The van der Waals surface area contributed by atoms with Crippen LogP contribution in [-0.2, 0) is 0 Å². The van der Waals surface area contributed by atoms with Gasteiger partial charge in [0.2, 0.25) is 5.70 Å². The second kappa shape index (κ2) is 4.92. The van der Waals surface area contributed by atoms with Crippen LogP contribution < -0.4 is 0 Å². The van der Waals surface area contributed by atoms with E-state index in [9.17, 15) is 10.1 Å². The van der Waals surface area contributed by atoms with Gasteiger partial charge in [0.15, 0.2) is 0 Å². The van der Waals surface area contributed by atoms with Crippen LogP contribution in [0.2, 0.25) is 0 Å². The van der Waals surface area contributed by atoms with E-state index in [1.165, 1.54) is 0 Å². The van der Waals surface area contributed by atoms with Gasteiger partial charge in [0.05, 0.1) is 4.92 Å². The highest BCUT2D eigenvalue weighted by Crippen LogP contribution is 2.19. The Kier molecular flexibility index (Phi) is 3.82. The molecule has 3 nitrogen and oxygen atoms in total. The van der Waals surface area contributed by atoms with Crippen LogP contribution in [0.4, 0.5) is 0 Å². The maximum Gasteiger partial charge on any atom is 0.249 e. The summed E-state index contributed by atoms with van der Waals surface area (Å²) < 4.78 is 0. The van der Waals surface area contributed by atoms with E-state index in [2.05, 4.69) is 0 Å². The Balaban J connectivity index is 3.23. The normalized spacial score (nSPS) is 11.9. The monoisotopic (exact) mass is 219 g/mol. The van der Waals surface area contributed by atoms with E-state index in [0.29, 0.717) is 0 Å². The lowest BCUT2D eigenvalue weighted by Crippen LogP contribution is -2.05. The Labute approximate surface area is 95.9 Å². The lowest BCUT2D eigenvalue weighted by molar-refractivity contribution is -0.431. The summed E-state index contributed by atoms with van der Waals surface area (Å²) in [5.74, 6) is -0.0742. The van der Waals surface area contributed by atoms with Crippen LogP contribution in [0.5, 0.6) is 0 Å². The predicted molar refractivity (Wildman–Crippen MR) is 65.7 cm³/mol. The molecule has 0 aliphatic carbocycles. The number of rotatable bonds is 3. The van der Waals surface area contributed by atoms with Crippen molar-refractivity contribution in [1.82, 2.24) is 0 Å². The average Bonchev–Trinajstić information content (AvgIpc) is 2.19. The van der Waals surface area contributed by atoms with E-state index in [-0.39, 0.29) is 16.5 Å². The molecule has 1 aromatic carbocycles. The van der Waals surface area contributed by atoms with Crippen molar-refractivity contribution in [3.63, 3.8) is 0 Å². The van der Waals surface area contributed by atoms with Crippen LogP contribution in [0.1, 0.15) is 30.5 Å². The van der Waals surface area contributed by atoms with Gasteiger partial charge in [-0.1, -0.05) is 32.0 Å². The molecular weight excluding hydrogens is 202 g/mol. The third-order valence-electron chi connectivity index (χ3n) is 2.75. The Morgan fingerprint density at radius 2 is 2.00 bits per heavy atom. The molecule has 86 valence electrons. The van der Waals surface area contributed by atoms with Crippen molar-refractivity contribution in [3.8, 4) is 0 Å². The average molecular weight is 219 g/mol. The van der Waals surface area contributed by atoms with Gasteiger partial charge in [-0.15, -0.1) is 0 Å². The maximum atomic E-state index is 10.9. The van der Waals surface area contributed by atoms with E-state index in [4.69, 9.17) is 0 Å². The summed E-state index contributed by atoms with van der Waals surface area (Å²) in [5, 5.41) is 10.9. The molecule has 0 saturated carbocycles. The summed E-state index contributed by atoms with van der Waals surface area (Å²) in [5.41, 5.74) is 3.44.